The van der Waals surface area contributed by atoms with Gasteiger partial charge in [0.2, 0.25) is 0 Å². The van der Waals surface area contributed by atoms with E-state index in [-0.39, 0.29) is 0 Å². The van der Waals surface area contributed by atoms with Gasteiger partial charge < -0.3 is 14.8 Å². The third-order valence-electron chi connectivity index (χ3n) is 4.34. The second kappa shape index (κ2) is 6.73. The molecule has 0 aliphatic carbocycles. The highest BCUT2D eigenvalue weighted by Gasteiger charge is 2.24. The molecule has 0 fully saturated rings. The standard InChI is InChI=1S/C19H21NO3/c1-13(19(21)22-2)15-5-6-18-17(11-15)16(7-9-23-18)10-14-4-3-8-20-12-14/h3,5-6,8,11-12,16,20H,1,4,7,9-10H2,2H3. The molecule has 120 valence electrons. The largest absolute Gasteiger partial charge is 0.493 e. The molecule has 4 heteroatoms. The number of carbonyl (C=O) groups is 1. The SMILES string of the molecule is C=C(C(=O)OC)c1ccc2c(c1)C(CC1=CNC=CC1)CCO2. The van der Waals surface area contributed by atoms with E-state index in [0.29, 0.717) is 11.5 Å². The van der Waals surface area contributed by atoms with Gasteiger partial charge in [0, 0.05) is 0 Å². The van der Waals surface area contributed by atoms with Crippen LogP contribution in [0.1, 0.15) is 36.3 Å². The monoisotopic (exact) mass is 311 g/mol. The summed E-state index contributed by atoms with van der Waals surface area (Å²) in [6, 6.07) is 5.81. The molecule has 0 saturated heterocycles. The van der Waals surface area contributed by atoms with E-state index in [4.69, 9.17) is 9.47 Å². The highest BCUT2D eigenvalue weighted by atomic mass is 16.5. The summed E-state index contributed by atoms with van der Waals surface area (Å²) in [6.45, 7) is 4.57. The first-order valence-electron chi connectivity index (χ1n) is 7.82. The number of allylic oxidation sites excluding steroid dienone is 2. The van der Waals surface area contributed by atoms with Gasteiger partial charge in [0.25, 0.3) is 0 Å². The van der Waals surface area contributed by atoms with Gasteiger partial charge in [0.1, 0.15) is 5.75 Å². The van der Waals surface area contributed by atoms with E-state index in [1.807, 2.05) is 24.4 Å². The van der Waals surface area contributed by atoms with Gasteiger partial charge in [0.05, 0.1) is 19.3 Å². The van der Waals surface area contributed by atoms with E-state index in [9.17, 15) is 4.79 Å². The van der Waals surface area contributed by atoms with Crippen molar-refractivity contribution in [2.75, 3.05) is 13.7 Å². The van der Waals surface area contributed by atoms with Gasteiger partial charge in [-0.05, 0) is 66.4 Å². The Kier molecular flexibility index (Phi) is 4.51. The summed E-state index contributed by atoms with van der Waals surface area (Å²) in [6.07, 6.45) is 9.11. The van der Waals surface area contributed by atoms with Gasteiger partial charge in [-0.15, -0.1) is 0 Å². The van der Waals surface area contributed by atoms with Crippen molar-refractivity contribution in [3.63, 3.8) is 0 Å². The molecule has 0 amide bonds. The number of methoxy groups -OCH3 is 1. The molecule has 1 aromatic carbocycles. The van der Waals surface area contributed by atoms with Crippen LogP contribution in [-0.2, 0) is 9.53 Å². The Hall–Kier alpha value is -2.49. The fourth-order valence-electron chi connectivity index (χ4n) is 3.07. The lowest BCUT2D eigenvalue weighted by molar-refractivity contribution is -0.133. The van der Waals surface area contributed by atoms with Gasteiger partial charge >= 0.3 is 5.97 Å². The molecule has 0 saturated carbocycles. The van der Waals surface area contributed by atoms with Gasteiger partial charge in [0.15, 0.2) is 0 Å². The van der Waals surface area contributed by atoms with Crippen molar-refractivity contribution >= 4 is 11.5 Å². The van der Waals surface area contributed by atoms with Crippen molar-refractivity contribution in [1.29, 1.82) is 0 Å². The zero-order valence-electron chi connectivity index (χ0n) is 13.3. The number of esters is 1. The minimum absolute atomic E-state index is 0.376. The number of ether oxygens (including phenoxy) is 2. The fourth-order valence-corrected chi connectivity index (χ4v) is 3.07. The molecule has 3 rings (SSSR count). The number of fused-ring (bicyclic) bond motifs is 1. The van der Waals surface area contributed by atoms with Crippen LogP contribution in [0, 0.1) is 0 Å². The molecule has 1 aromatic rings. The minimum atomic E-state index is -0.400. The molecule has 2 aliphatic rings. The van der Waals surface area contributed by atoms with Crippen molar-refractivity contribution in [1.82, 2.24) is 5.32 Å². The zero-order valence-corrected chi connectivity index (χ0v) is 13.3. The lowest BCUT2D eigenvalue weighted by Gasteiger charge is -2.27. The number of carbonyl (C=O) groups excluding carboxylic acids is 1. The first-order chi connectivity index (χ1) is 11.2. The number of hydrogen-bond donors (Lipinski definition) is 1. The molecule has 1 N–H and O–H groups in total. The van der Waals surface area contributed by atoms with E-state index in [0.717, 1.165) is 42.7 Å². The Morgan fingerprint density at radius 1 is 1.48 bits per heavy atom. The van der Waals surface area contributed by atoms with Crippen molar-refractivity contribution in [2.45, 2.75) is 25.2 Å². The number of benzene rings is 1. The number of nitrogens with one attached hydrogen (secondary N) is 1. The third kappa shape index (κ3) is 3.31. The molecule has 1 unspecified atom stereocenters. The van der Waals surface area contributed by atoms with Crippen LogP contribution >= 0.6 is 0 Å². The van der Waals surface area contributed by atoms with Crippen molar-refractivity contribution in [3.05, 3.63) is 60.0 Å². The van der Waals surface area contributed by atoms with Gasteiger partial charge in [-0.3, -0.25) is 0 Å². The molecule has 0 bridgehead atoms. The molecule has 2 heterocycles. The van der Waals surface area contributed by atoms with E-state index >= 15 is 0 Å². The van der Waals surface area contributed by atoms with Crippen LogP contribution in [0.5, 0.6) is 5.75 Å². The van der Waals surface area contributed by atoms with Gasteiger partial charge in [-0.2, -0.15) is 0 Å². The van der Waals surface area contributed by atoms with E-state index in [1.165, 1.54) is 12.7 Å². The summed E-state index contributed by atoms with van der Waals surface area (Å²) in [5.41, 5.74) is 3.69. The quantitative estimate of drug-likeness (QED) is 0.683. The average Bonchev–Trinajstić information content (AvgIpc) is 2.61. The summed E-state index contributed by atoms with van der Waals surface area (Å²) < 4.78 is 10.5. The number of hydrogen-bond acceptors (Lipinski definition) is 4. The average molecular weight is 311 g/mol. The van der Waals surface area contributed by atoms with Crippen LogP contribution in [0.2, 0.25) is 0 Å². The van der Waals surface area contributed by atoms with E-state index in [2.05, 4.69) is 24.2 Å². The smallest absolute Gasteiger partial charge is 0.337 e. The topological polar surface area (TPSA) is 47.6 Å². The van der Waals surface area contributed by atoms with Crippen molar-refractivity contribution in [2.24, 2.45) is 0 Å². The summed E-state index contributed by atoms with van der Waals surface area (Å²) in [5, 5.41) is 3.15. The Morgan fingerprint density at radius 2 is 2.35 bits per heavy atom. The molecule has 1 atom stereocenters. The van der Waals surface area contributed by atoms with Crippen LogP contribution < -0.4 is 10.1 Å². The first kappa shape index (κ1) is 15.4. The van der Waals surface area contributed by atoms with Crippen LogP contribution in [0.4, 0.5) is 0 Å². The minimum Gasteiger partial charge on any atom is -0.493 e. The Balaban J connectivity index is 1.85. The summed E-state index contributed by atoms with van der Waals surface area (Å²) in [7, 11) is 1.37. The van der Waals surface area contributed by atoms with Gasteiger partial charge in [-0.25, -0.2) is 4.79 Å². The maximum Gasteiger partial charge on any atom is 0.337 e. The molecule has 2 aliphatic heterocycles. The van der Waals surface area contributed by atoms with Crippen LogP contribution in [0.3, 0.4) is 0 Å². The molecule has 0 radical (unpaired) electrons. The van der Waals surface area contributed by atoms with E-state index in [1.54, 1.807) is 0 Å². The molecule has 0 spiro atoms. The first-order valence-corrected chi connectivity index (χ1v) is 7.82. The lowest BCUT2D eigenvalue weighted by atomic mass is 9.85. The normalized spacial score (nSPS) is 19.0. The van der Waals surface area contributed by atoms with Crippen molar-refractivity contribution in [3.8, 4) is 5.75 Å². The Labute approximate surface area is 136 Å². The highest BCUT2D eigenvalue weighted by Crippen LogP contribution is 2.39. The zero-order chi connectivity index (χ0) is 16.2. The maximum absolute atomic E-state index is 11.7. The van der Waals surface area contributed by atoms with Crippen molar-refractivity contribution < 1.29 is 14.3 Å². The number of rotatable bonds is 4. The van der Waals surface area contributed by atoms with Gasteiger partial charge in [-0.1, -0.05) is 18.7 Å². The van der Waals surface area contributed by atoms with Crippen LogP contribution in [0.15, 0.2) is 48.8 Å². The summed E-state index contributed by atoms with van der Waals surface area (Å²) in [5.74, 6) is 0.897. The second-order valence-electron chi connectivity index (χ2n) is 5.84. The Morgan fingerprint density at radius 3 is 3.09 bits per heavy atom. The molecule has 4 nitrogen and oxygen atoms in total. The Bertz CT molecular complexity index is 688. The molecule has 23 heavy (non-hydrogen) atoms. The van der Waals surface area contributed by atoms with Crippen LogP contribution in [-0.4, -0.2) is 19.7 Å². The summed E-state index contributed by atoms with van der Waals surface area (Å²) in [4.78, 5) is 11.7. The summed E-state index contributed by atoms with van der Waals surface area (Å²) >= 11 is 0. The van der Waals surface area contributed by atoms with Crippen LogP contribution in [0.25, 0.3) is 5.57 Å². The molecular weight excluding hydrogens is 290 g/mol. The lowest BCUT2D eigenvalue weighted by Crippen LogP contribution is -2.16. The number of dihydropyridines is 1. The third-order valence-corrected chi connectivity index (χ3v) is 4.34. The second-order valence-corrected chi connectivity index (χ2v) is 5.84. The fraction of sp³-hybridized carbons (Fsp3) is 0.316. The predicted molar refractivity (Wildman–Crippen MR) is 89.9 cm³/mol. The molecular formula is C19H21NO3. The predicted octanol–water partition coefficient (Wildman–Crippen LogP) is 3.52. The van der Waals surface area contributed by atoms with E-state index < -0.39 is 5.97 Å². The maximum atomic E-state index is 11.7. The highest BCUT2D eigenvalue weighted by molar-refractivity contribution is 6.15. The molecule has 0 aromatic heterocycles.